The van der Waals surface area contributed by atoms with Crippen molar-refractivity contribution < 1.29 is 9.59 Å². The largest absolute Gasteiger partial charge is 0.354 e. The fourth-order valence-corrected chi connectivity index (χ4v) is 2.90. The molecule has 0 radical (unpaired) electrons. The Kier molecular flexibility index (Phi) is 3.66. The van der Waals surface area contributed by atoms with Gasteiger partial charge in [0, 0.05) is 24.9 Å². The third kappa shape index (κ3) is 3.19. The second-order valence-corrected chi connectivity index (χ2v) is 5.48. The Labute approximate surface area is 102 Å². The normalized spacial score (nSPS) is 37.6. The summed E-state index contributed by atoms with van der Waals surface area (Å²) >= 11 is 0. The second kappa shape index (κ2) is 5.04. The summed E-state index contributed by atoms with van der Waals surface area (Å²) in [5, 5.41) is 5.66. The van der Waals surface area contributed by atoms with Crippen molar-refractivity contribution in [3.8, 4) is 0 Å². The third-order valence-corrected chi connectivity index (χ3v) is 3.67. The van der Waals surface area contributed by atoms with Crippen molar-refractivity contribution in [1.29, 1.82) is 0 Å². The summed E-state index contributed by atoms with van der Waals surface area (Å²) in [5.41, 5.74) is 5.94. The first-order chi connectivity index (χ1) is 8.04. The Morgan fingerprint density at radius 2 is 2.18 bits per heavy atom. The molecule has 5 heteroatoms. The van der Waals surface area contributed by atoms with Crippen molar-refractivity contribution in [3.63, 3.8) is 0 Å². The number of amides is 2. The summed E-state index contributed by atoms with van der Waals surface area (Å²) in [6.07, 6.45) is 3.09. The average Bonchev–Trinajstić information content (AvgIpc) is 2.62. The van der Waals surface area contributed by atoms with Gasteiger partial charge in [0.2, 0.25) is 11.8 Å². The van der Waals surface area contributed by atoms with Gasteiger partial charge < -0.3 is 16.4 Å². The van der Waals surface area contributed by atoms with Crippen LogP contribution in [0, 0.1) is 11.8 Å². The van der Waals surface area contributed by atoms with E-state index in [2.05, 4.69) is 17.6 Å². The average molecular weight is 239 g/mol. The van der Waals surface area contributed by atoms with Crippen LogP contribution in [0.25, 0.3) is 0 Å². The highest BCUT2D eigenvalue weighted by molar-refractivity contribution is 5.83. The van der Waals surface area contributed by atoms with Gasteiger partial charge in [0.05, 0.1) is 6.04 Å². The molecule has 5 nitrogen and oxygen atoms in total. The van der Waals surface area contributed by atoms with Crippen LogP contribution in [0.4, 0.5) is 0 Å². The predicted octanol–water partition coefficient (Wildman–Crippen LogP) is -0.245. The van der Waals surface area contributed by atoms with Crippen LogP contribution in [0.3, 0.4) is 0 Å². The first kappa shape index (κ1) is 12.4. The fourth-order valence-electron chi connectivity index (χ4n) is 2.90. The lowest BCUT2D eigenvalue weighted by Gasteiger charge is -2.31. The molecule has 2 rings (SSSR count). The van der Waals surface area contributed by atoms with Crippen molar-refractivity contribution in [2.24, 2.45) is 17.6 Å². The molecule has 2 fully saturated rings. The molecule has 0 aromatic carbocycles. The first-order valence-corrected chi connectivity index (χ1v) is 6.37. The molecular weight excluding hydrogens is 218 g/mol. The zero-order valence-corrected chi connectivity index (χ0v) is 10.2. The van der Waals surface area contributed by atoms with Crippen molar-refractivity contribution in [3.05, 3.63) is 0 Å². The van der Waals surface area contributed by atoms with Crippen molar-refractivity contribution in [1.82, 2.24) is 10.6 Å². The number of hydrogen-bond donors (Lipinski definition) is 3. The minimum atomic E-state index is -0.0385. The molecule has 1 aliphatic heterocycles. The Hall–Kier alpha value is -1.10. The van der Waals surface area contributed by atoms with E-state index in [-0.39, 0.29) is 29.8 Å². The van der Waals surface area contributed by atoms with Gasteiger partial charge in [-0.25, -0.2) is 0 Å². The number of carbonyl (C=O) groups is 2. The molecule has 2 aliphatic rings. The van der Waals surface area contributed by atoms with Gasteiger partial charge in [0.1, 0.15) is 0 Å². The highest BCUT2D eigenvalue weighted by Gasteiger charge is 2.31. The van der Waals surface area contributed by atoms with Crippen molar-refractivity contribution in [2.45, 2.75) is 44.7 Å². The molecule has 2 amide bonds. The number of rotatable bonds is 2. The minimum Gasteiger partial charge on any atom is -0.354 e. The Morgan fingerprint density at radius 1 is 1.41 bits per heavy atom. The Morgan fingerprint density at radius 3 is 2.76 bits per heavy atom. The standard InChI is InChI=1S/C12H21N3O2/c1-7-2-8(4-9(13)3-7)12(17)15-10-5-11(16)14-6-10/h7-10H,2-6,13H2,1H3,(H,14,16)(H,15,17). The lowest BCUT2D eigenvalue weighted by atomic mass is 9.79. The highest BCUT2D eigenvalue weighted by Crippen LogP contribution is 2.28. The molecule has 4 unspecified atom stereocenters. The summed E-state index contributed by atoms with van der Waals surface area (Å²) in [7, 11) is 0. The summed E-state index contributed by atoms with van der Waals surface area (Å²) in [5.74, 6) is 0.611. The lowest BCUT2D eigenvalue weighted by Crippen LogP contribution is -2.44. The Bertz CT molecular complexity index is 309. The van der Waals surface area contributed by atoms with Crippen LogP contribution in [0.1, 0.15) is 32.6 Å². The zero-order valence-electron chi connectivity index (χ0n) is 10.2. The van der Waals surface area contributed by atoms with Crippen LogP contribution in [0.2, 0.25) is 0 Å². The maximum Gasteiger partial charge on any atom is 0.223 e. The summed E-state index contributed by atoms with van der Waals surface area (Å²) in [4.78, 5) is 23.1. The molecule has 0 aromatic heterocycles. The molecule has 96 valence electrons. The molecular formula is C12H21N3O2. The van der Waals surface area contributed by atoms with E-state index < -0.39 is 0 Å². The maximum absolute atomic E-state index is 12.0. The third-order valence-electron chi connectivity index (χ3n) is 3.67. The van der Waals surface area contributed by atoms with Crippen LogP contribution in [-0.4, -0.2) is 30.4 Å². The van der Waals surface area contributed by atoms with Gasteiger partial charge in [-0.2, -0.15) is 0 Å². The van der Waals surface area contributed by atoms with Gasteiger partial charge in [-0.15, -0.1) is 0 Å². The smallest absolute Gasteiger partial charge is 0.223 e. The molecule has 0 bridgehead atoms. The quantitative estimate of drug-likeness (QED) is 0.621. The van der Waals surface area contributed by atoms with Crippen LogP contribution in [0.15, 0.2) is 0 Å². The van der Waals surface area contributed by atoms with Crippen LogP contribution >= 0.6 is 0 Å². The summed E-state index contributed by atoms with van der Waals surface area (Å²) in [6.45, 7) is 2.69. The predicted molar refractivity (Wildman–Crippen MR) is 64.0 cm³/mol. The molecule has 4 N–H and O–H groups in total. The molecule has 1 saturated carbocycles. The number of hydrogen-bond acceptors (Lipinski definition) is 3. The van der Waals surface area contributed by atoms with Gasteiger partial charge in [-0.1, -0.05) is 6.92 Å². The molecule has 1 heterocycles. The van der Waals surface area contributed by atoms with E-state index in [0.29, 0.717) is 18.9 Å². The monoisotopic (exact) mass is 239 g/mol. The van der Waals surface area contributed by atoms with Crippen molar-refractivity contribution >= 4 is 11.8 Å². The summed E-state index contributed by atoms with van der Waals surface area (Å²) < 4.78 is 0. The Balaban J connectivity index is 1.84. The topological polar surface area (TPSA) is 84.2 Å². The molecule has 1 aliphatic carbocycles. The van der Waals surface area contributed by atoms with E-state index in [1.807, 2.05) is 0 Å². The van der Waals surface area contributed by atoms with Gasteiger partial charge in [-0.3, -0.25) is 9.59 Å². The maximum atomic E-state index is 12.0. The van der Waals surface area contributed by atoms with Crippen LogP contribution in [-0.2, 0) is 9.59 Å². The molecule has 4 atom stereocenters. The lowest BCUT2D eigenvalue weighted by molar-refractivity contribution is -0.127. The van der Waals surface area contributed by atoms with Gasteiger partial charge in [-0.05, 0) is 25.2 Å². The van der Waals surface area contributed by atoms with E-state index in [0.717, 1.165) is 19.3 Å². The van der Waals surface area contributed by atoms with E-state index in [1.165, 1.54) is 0 Å². The van der Waals surface area contributed by atoms with Crippen molar-refractivity contribution in [2.75, 3.05) is 6.54 Å². The van der Waals surface area contributed by atoms with E-state index in [4.69, 9.17) is 5.73 Å². The van der Waals surface area contributed by atoms with E-state index in [9.17, 15) is 9.59 Å². The first-order valence-electron chi connectivity index (χ1n) is 6.37. The fraction of sp³-hybridized carbons (Fsp3) is 0.833. The van der Waals surface area contributed by atoms with Crippen LogP contribution in [0.5, 0.6) is 0 Å². The molecule has 17 heavy (non-hydrogen) atoms. The second-order valence-electron chi connectivity index (χ2n) is 5.48. The number of nitrogens with one attached hydrogen (secondary N) is 2. The minimum absolute atomic E-state index is 0.0176. The van der Waals surface area contributed by atoms with E-state index in [1.54, 1.807) is 0 Å². The molecule has 1 saturated heterocycles. The number of carbonyl (C=O) groups excluding carboxylic acids is 2. The zero-order chi connectivity index (χ0) is 12.4. The summed E-state index contributed by atoms with van der Waals surface area (Å²) in [6, 6.07) is 0.0984. The van der Waals surface area contributed by atoms with Gasteiger partial charge in [0.15, 0.2) is 0 Å². The number of nitrogens with two attached hydrogens (primary N) is 1. The van der Waals surface area contributed by atoms with Crippen LogP contribution < -0.4 is 16.4 Å². The molecule has 0 spiro atoms. The van der Waals surface area contributed by atoms with Gasteiger partial charge in [0.25, 0.3) is 0 Å². The molecule has 0 aromatic rings. The van der Waals surface area contributed by atoms with Gasteiger partial charge >= 0.3 is 0 Å². The highest BCUT2D eigenvalue weighted by atomic mass is 16.2. The van der Waals surface area contributed by atoms with E-state index >= 15 is 0 Å². The SMILES string of the molecule is CC1CC(N)CC(C(=O)NC2CNC(=O)C2)C1.